The zero-order valence-electron chi connectivity index (χ0n) is 13.9. The number of fused-ring (bicyclic) bond motifs is 1. The minimum atomic E-state index is 0.0796. The Hall–Kier alpha value is -2.04. The molecule has 0 radical (unpaired) electrons. The lowest BCUT2D eigenvalue weighted by Crippen LogP contribution is -2.11. The van der Waals surface area contributed by atoms with Gasteiger partial charge in [0.25, 0.3) is 0 Å². The van der Waals surface area contributed by atoms with Crippen molar-refractivity contribution in [3.8, 4) is 21.1 Å². The van der Waals surface area contributed by atoms with Gasteiger partial charge >= 0.3 is 0 Å². The molecule has 0 atom stereocenters. The molecule has 2 aromatic carbocycles. The number of nitrogens with zero attached hydrogens (tertiary/aromatic N) is 2. The van der Waals surface area contributed by atoms with Crippen LogP contribution in [0.4, 0.5) is 0 Å². The molecule has 4 aromatic rings. The Morgan fingerprint density at radius 2 is 1.46 bits per heavy atom. The van der Waals surface area contributed by atoms with Crippen molar-refractivity contribution in [2.75, 3.05) is 0 Å². The number of rotatable bonds is 2. The van der Waals surface area contributed by atoms with Gasteiger partial charge in [-0.3, -0.25) is 0 Å². The van der Waals surface area contributed by atoms with E-state index in [-0.39, 0.29) is 5.41 Å². The maximum Gasteiger partial charge on any atom is 0.123 e. The highest BCUT2D eigenvalue weighted by Crippen LogP contribution is 2.39. The molecule has 0 fully saturated rings. The summed E-state index contributed by atoms with van der Waals surface area (Å²) in [6, 6.07) is 11.1. The molecule has 120 valence electrons. The van der Waals surface area contributed by atoms with Crippen LogP contribution >= 0.6 is 22.7 Å². The zero-order valence-corrected chi connectivity index (χ0v) is 15.5. The van der Waals surface area contributed by atoms with Crippen molar-refractivity contribution in [3.05, 3.63) is 59.0 Å². The lowest BCUT2D eigenvalue weighted by molar-refractivity contribution is 0.591. The van der Waals surface area contributed by atoms with Crippen molar-refractivity contribution < 1.29 is 0 Å². The van der Waals surface area contributed by atoms with Crippen LogP contribution in [0.25, 0.3) is 31.9 Å². The summed E-state index contributed by atoms with van der Waals surface area (Å²) >= 11 is 3.37. The summed E-state index contributed by atoms with van der Waals surface area (Å²) in [6.07, 6.45) is 3.74. The molecule has 4 rings (SSSR count). The summed E-state index contributed by atoms with van der Waals surface area (Å²) < 4.78 is 0. The van der Waals surface area contributed by atoms with Gasteiger partial charge < -0.3 is 0 Å². The van der Waals surface area contributed by atoms with Crippen molar-refractivity contribution >= 4 is 33.4 Å². The van der Waals surface area contributed by atoms with Crippen LogP contribution in [0.15, 0.2) is 53.5 Å². The van der Waals surface area contributed by atoms with E-state index in [0.29, 0.717) is 0 Å². The molecule has 2 nitrogen and oxygen atoms in total. The van der Waals surface area contributed by atoms with Crippen molar-refractivity contribution in [1.29, 1.82) is 0 Å². The van der Waals surface area contributed by atoms with E-state index in [1.807, 2.05) is 23.2 Å². The summed E-state index contributed by atoms with van der Waals surface area (Å²) in [7, 11) is 0. The van der Waals surface area contributed by atoms with E-state index >= 15 is 0 Å². The first kappa shape index (κ1) is 15.5. The molecule has 2 heterocycles. The summed E-state index contributed by atoms with van der Waals surface area (Å²) in [4.78, 5) is 9.08. The van der Waals surface area contributed by atoms with Gasteiger partial charge in [-0.15, -0.1) is 22.7 Å². The topological polar surface area (TPSA) is 25.8 Å². The van der Waals surface area contributed by atoms with Crippen molar-refractivity contribution in [2.45, 2.75) is 26.2 Å². The highest BCUT2D eigenvalue weighted by atomic mass is 32.1. The largest absolute Gasteiger partial charge is 0.245 e. The van der Waals surface area contributed by atoms with E-state index in [1.54, 1.807) is 22.7 Å². The molecule has 0 amide bonds. The second-order valence-electron chi connectivity index (χ2n) is 6.85. The Balaban J connectivity index is 2.10. The summed E-state index contributed by atoms with van der Waals surface area (Å²) in [5.41, 5.74) is 3.82. The third-order valence-electron chi connectivity index (χ3n) is 4.19. The fourth-order valence-corrected chi connectivity index (χ4v) is 4.24. The molecule has 2 aromatic heterocycles. The number of hydrogen-bond acceptors (Lipinski definition) is 4. The van der Waals surface area contributed by atoms with Crippen LogP contribution < -0.4 is 0 Å². The third kappa shape index (κ3) is 2.66. The minimum Gasteiger partial charge on any atom is -0.245 e. The maximum absolute atomic E-state index is 4.56. The Morgan fingerprint density at radius 1 is 0.792 bits per heavy atom. The lowest BCUT2D eigenvalue weighted by atomic mass is 9.83. The Kier molecular flexibility index (Phi) is 3.74. The van der Waals surface area contributed by atoms with Gasteiger partial charge in [0.2, 0.25) is 0 Å². The van der Waals surface area contributed by atoms with Gasteiger partial charge in [0.15, 0.2) is 0 Å². The van der Waals surface area contributed by atoms with Crippen LogP contribution in [-0.2, 0) is 5.41 Å². The van der Waals surface area contributed by atoms with Crippen LogP contribution in [0.3, 0.4) is 0 Å². The summed E-state index contributed by atoms with van der Waals surface area (Å²) in [5.74, 6) is 0. The molecule has 4 heteroatoms. The first-order valence-corrected chi connectivity index (χ1v) is 9.67. The Bertz CT molecular complexity index is 979. The third-order valence-corrected chi connectivity index (χ3v) is 5.80. The van der Waals surface area contributed by atoms with Gasteiger partial charge in [0.1, 0.15) is 10.0 Å². The number of thiazole rings is 2. The second kappa shape index (κ2) is 5.80. The molecule has 0 saturated heterocycles. The number of aromatic nitrogens is 2. The normalized spacial score (nSPS) is 12.0. The fourth-order valence-electron chi connectivity index (χ4n) is 2.90. The van der Waals surface area contributed by atoms with Gasteiger partial charge in [0, 0.05) is 34.3 Å². The lowest BCUT2D eigenvalue weighted by Gasteiger charge is -2.21. The second-order valence-corrected chi connectivity index (χ2v) is 8.64. The van der Waals surface area contributed by atoms with Crippen LogP contribution in [-0.4, -0.2) is 9.97 Å². The Morgan fingerprint density at radius 3 is 2.04 bits per heavy atom. The fraction of sp³-hybridized carbons (Fsp3) is 0.200. The Labute approximate surface area is 149 Å². The summed E-state index contributed by atoms with van der Waals surface area (Å²) in [5, 5.41) is 8.70. The van der Waals surface area contributed by atoms with Gasteiger partial charge in [0.05, 0.1) is 0 Å². The average Bonchev–Trinajstić information content (AvgIpc) is 3.26. The predicted molar refractivity (Wildman–Crippen MR) is 105 cm³/mol. The highest BCUT2D eigenvalue weighted by Gasteiger charge is 2.19. The molecule has 0 spiro atoms. The average molecular weight is 351 g/mol. The number of hydrogen-bond donors (Lipinski definition) is 0. The SMILES string of the molecule is CC(C)(C)c1cc(-c2nccs2)c2cccc(-c3nccs3)c2c1. The molecule has 0 bridgehead atoms. The standard InChI is InChI=1S/C20H18N2S2/c1-20(2,3)13-11-16-14(17(12-13)19-22-8-10-24-19)5-4-6-15(16)18-21-7-9-23-18/h4-12H,1-3H3. The van der Waals surface area contributed by atoms with Crippen LogP contribution in [0.5, 0.6) is 0 Å². The van der Waals surface area contributed by atoms with E-state index in [1.165, 1.54) is 27.5 Å². The molecule has 24 heavy (non-hydrogen) atoms. The molecular formula is C20H18N2S2. The van der Waals surface area contributed by atoms with Crippen molar-refractivity contribution in [2.24, 2.45) is 0 Å². The number of benzene rings is 2. The minimum absolute atomic E-state index is 0.0796. The van der Waals surface area contributed by atoms with E-state index in [4.69, 9.17) is 0 Å². The molecule has 0 N–H and O–H groups in total. The van der Waals surface area contributed by atoms with Crippen LogP contribution in [0, 0.1) is 0 Å². The van der Waals surface area contributed by atoms with E-state index in [0.717, 1.165) is 10.0 Å². The predicted octanol–water partition coefficient (Wildman–Crippen LogP) is 6.38. The first-order chi connectivity index (χ1) is 11.5. The summed E-state index contributed by atoms with van der Waals surface area (Å²) in [6.45, 7) is 6.77. The smallest absolute Gasteiger partial charge is 0.123 e. The van der Waals surface area contributed by atoms with Crippen LogP contribution in [0.2, 0.25) is 0 Å². The molecule has 0 aliphatic rings. The highest BCUT2D eigenvalue weighted by molar-refractivity contribution is 7.13. The molecular weight excluding hydrogens is 332 g/mol. The van der Waals surface area contributed by atoms with E-state index in [2.05, 4.69) is 61.1 Å². The van der Waals surface area contributed by atoms with Crippen LogP contribution in [0.1, 0.15) is 26.3 Å². The molecule has 0 unspecified atom stereocenters. The molecule has 0 aliphatic carbocycles. The zero-order chi connectivity index (χ0) is 16.7. The van der Waals surface area contributed by atoms with E-state index < -0.39 is 0 Å². The van der Waals surface area contributed by atoms with Gasteiger partial charge in [-0.05, 0) is 33.9 Å². The van der Waals surface area contributed by atoms with Gasteiger partial charge in [-0.1, -0.05) is 39.0 Å². The van der Waals surface area contributed by atoms with Crippen molar-refractivity contribution in [3.63, 3.8) is 0 Å². The molecule has 0 aliphatic heterocycles. The van der Waals surface area contributed by atoms with Crippen molar-refractivity contribution in [1.82, 2.24) is 9.97 Å². The first-order valence-electron chi connectivity index (χ1n) is 7.91. The van der Waals surface area contributed by atoms with E-state index in [9.17, 15) is 0 Å². The monoisotopic (exact) mass is 350 g/mol. The van der Waals surface area contributed by atoms with Gasteiger partial charge in [-0.25, -0.2) is 9.97 Å². The maximum atomic E-state index is 4.56. The van der Waals surface area contributed by atoms with Gasteiger partial charge in [-0.2, -0.15) is 0 Å². The molecule has 0 saturated carbocycles. The quantitative estimate of drug-likeness (QED) is 0.419.